The molecule has 2 aromatic carbocycles. The zero-order valence-electron chi connectivity index (χ0n) is 22.2. The molecule has 0 atom stereocenters. The fraction of sp³-hybridized carbons (Fsp3) is 0.333. The van der Waals surface area contributed by atoms with Crippen LogP contribution in [-0.2, 0) is 18.3 Å². The van der Waals surface area contributed by atoms with Gasteiger partial charge in [-0.3, -0.25) is 9.59 Å². The molecule has 1 N–H and O–H groups in total. The Morgan fingerprint density at radius 2 is 1.70 bits per heavy atom. The summed E-state index contributed by atoms with van der Waals surface area (Å²) >= 11 is 0. The first-order valence-corrected chi connectivity index (χ1v) is 12.5. The summed E-state index contributed by atoms with van der Waals surface area (Å²) in [6, 6.07) is 17.5. The molecule has 196 valence electrons. The van der Waals surface area contributed by atoms with E-state index in [9.17, 15) is 9.59 Å². The number of nitrogens with one attached hydrogen (secondary N) is 1. The van der Waals surface area contributed by atoms with E-state index >= 15 is 0 Å². The van der Waals surface area contributed by atoms with Crippen LogP contribution in [0.25, 0.3) is 17.2 Å². The normalized spacial score (nSPS) is 11.2. The van der Waals surface area contributed by atoms with Gasteiger partial charge >= 0.3 is 0 Å². The molecule has 0 radical (unpaired) electrons. The quantitative estimate of drug-likeness (QED) is 0.355. The summed E-state index contributed by atoms with van der Waals surface area (Å²) in [4.78, 5) is 26.0. The first-order chi connectivity index (χ1) is 17.9. The van der Waals surface area contributed by atoms with E-state index in [1.807, 2.05) is 60.8 Å². The van der Waals surface area contributed by atoms with Crippen LogP contribution in [0.2, 0.25) is 0 Å². The Morgan fingerprint density at radius 1 is 0.973 bits per heavy atom. The van der Waals surface area contributed by atoms with Crippen LogP contribution < -0.4 is 20.3 Å². The Labute approximate surface area is 219 Å². The van der Waals surface area contributed by atoms with Crippen molar-refractivity contribution in [3.05, 3.63) is 88.4 Å². The largest absolute Gasteiger partial charge is 0.493 e. The van der Waals surface area contributed by atoms with Crippen molar-refractivity contribution in [2.24, 2.45) is 7.05 Å². The summed E-state index contributed by atoms with van der Waals surface area (Å²) in [5, 5.41) is 2.99. The molecular weight excluding hydrogens is 466 g/mol. The summed E-state index contributed by atoms with van der Waals surface area (Å²) in [5.74, 6) is 1.50. The second kappa shape index (κ2) is 14.0. The third-order valence-electron chi connectivity index (χ3n) is 6.21. The first kappa shape index (κ1) is 27.7. The lowest BCUT2D eigenvalue weighted by Crippen LogP contribution is -2.28. The lowest BCUT2D eigenvalue weighted by Gasteiger charge is -2.17. The molecule has 3 aromatic rings. The number of benzene rings is 2. The minimum Gasteiger partial charge on any atom is -0.493 e. The molecule has 1 amide bonds. The summed E-state index contributed by atoms with van der Waals surface area (Å²) in [5.41, 5.74) is 4.23. The molecule has 3 rings (SSSR count). The van der Waals surface area contributed by atoms with Crippen LogP contribution in [0.15, 0.2) is 71.7 Å². The number of methoxy groups -OCH3 is 2. The van der Waals surface area contributed by atoms with Crippen LogP contribution in [0.5, 0.6) is 11.5 Å². The van der Waals surface area contributed by atoms with Crippen molar-refractivity contribution >= 4 is 12.0 Å². The van der Waals surface area contributed by atoms with Crippen molar-refractivity contribution in [2.45, 2.75) is 19.3 Å². The van der Waals surface area contributed by atoms with Gasteiger partial charge < -0.3 is 24.3 Å². The van der Waals surface area contributed by atoms with Gasteiger partial charge in [0.05, 0.1) is 14.2 Å². The number of carbonyl (C=O) groups is 1. The van der Waals surface area contributed by atoms with Crippen LogP contribution in [0.4, 0.5) is 0 Å². The molecule has 1 heterocycles. The zero-order chi connectivity index (χ0) is 26.6. The van der Waals surface area contributed by atoms with Gasteiger partial charge in [0.2, 0.25) is 11.5 Å². The number of hydrogen-bond acceptors (Lipinski definition) is 5. The minimum absolute atomic E-state index is 0.0195. The monoisotopic (exact) mass is 503 g/mol. The van der Waals surface area contributed by atoms with Crippen molar-refractivity contribution in [3.63, 3.8) is 0 Å². The van der Waals surface area contributed by atoms with Gasteiger partial charge in [0, 0.05) is 38.8 Å². The van der Waals surface area contributed by atoms with E-state index in [2.05, 4.69) is 23.3 Å². The van der Waals surface area contributed by atoms with Gasteiger partial charge in [-0.1, -0.05) is 42.5 Å². The highest BCUT2D eigenvalue weighted by Gasteiger charge is 2.06. The molecule has 0 aliphatic carbocycles. The summed E-state index contributed by atoms with van der Waals surface area (Å²) < 4.78 is 12.2. The van der Waals surface area contributed by atoms with Gasteiger partial charge in [0.1, 0.15) is 0 Å². The van der Waals surface area contributed by atoms with E-state index in [4.69, 9.17) is 9.47 Å². The van der Waals surface area contributed by atoms with Crippen LogP contribution in [0.3, 0.4) is 0 Å². The Bertz CT molecular complexity index is 1250. The van der Waals surface area contributed by atoms with Crippen LogP contribution in [0.1, 0.15) is 24.0 Å². The van der Waals surface area contributed by atoms with E-state index in [1.165, 1.54) is 5.56 Å². The number of carbonyl (C=O) groups excluding carboxylic acids is 1. The average molecular weight is 504 g/mol. The van der Waals surface area contributed by atoms with Crippen molar-refractivity contribution in [3.8, 4) is 22.6 Å². The highest BCUT2D eigenvalue weighted by atomic mass is 16.5. The number of hydrogen-bond donors (Lipinski definition) is 1. The van der Waals surface area contributed by atoms with Gasteiger partial charge in [0.15, 0.2) is 11.5 Å². The fourth-order valence-corrected chi connectivity index (χ4v) is 3.97. The standard InChI is InChI=1S/C30H37N3O4/c1-32(20-17-24-11-15-27(36-3)28(21-24)37-4)19-6-18-31-29(34)8-5-7-23-9-12-25(13-10-23)26-14-16-30(35)33(2)22-26/h5,7,9-16,21-22H,6,8,17-20H2,1-4H3,(H,31,34)/b7-5+. The summed E-state index contributed by atoms with van der Waals surface area (Å²) in [6.07, 6.45) is 7.81. The maximum Gasteiger partial charge on any atom is 0.250 e. The van der Waals surface area contributed by atoms with Gasteiger partial charge in [-0.05, 0) is 66.9 Å². The number of aromatic nitrogens is 1. The average Bonchev–Trinajstić information content (AvgIpc) is 2.91. The zero-order valence-corrected chi connectivity index (χ0v) is 22.2. The van der Waals surface area contributed by atoms with E-state index in [1.54, 1.807) is 31.9 Å². The highest BCUT2D eigenvalue weighted by Crippen LogP contribution is 2.27. The molecule has 0 aliphatic rings. The van der Waals surface area contributed by atoms with E-state index < -0.39 is 0 Å². The van der Waals surface area contributed by atoms with Gasteiger partial charge in [-0.2, -0.15) is 0 Å². The number of pyridine rings is 1. The molecule has 0 fully saturated rings. The van der Waals surface area contributed by atoms with Crippen molar-refractivity contribution in [2.75, 3.05) is 40.9 Å². The van der Waals surface area contributed by atoms with Gasteiger partial charge in [0.25, 0.3) is 0 Å². The van der Waals surface area contributed by atoms with E-state index in [-0.39, 0.29) is 11.5 Å². The number of nitrogens with zero attached hydrogens (tertiary/aromatic N) is 2. The second-order valence-corrected chi connectivity index (χ2v) is 9.04. The van der Waals surface area contributed by atoms with E-state index in [0.29, 0.717) is 13.0 Å². The topological polar surface area (TPSA) is 72.8 Å². The predicted octanol–water partition coefficient (Wildman–Crippen LogP) is 4.15. The molecule has 0 unspecified atom stereocenters. The molecule has 0 spiro atoms. The number of ether oxygens (including phenoxy) is 2. The first-order valence-electron chi connectivity index (χ1n) is 12.5. The third-order valence-corrected chi connectivity index (χ3v) is 6.21. The smallest absolute Gasteiger partial charge is 0.250 e. The van der Waals surface area contributed by atoms with Crippen molar-refractivity contribution in [1.82, 2.24) is 14.8 Å². The number of amides is 1. The Morgan fingerprint density at radius 3 is 2.41 bits per heavy atom. The molecule has 1 aromatic heterocycles. The molecule has 0 saturated heterocycles. The Hall–Kier alpha value is -3.84. The molecule has 0 aliphatic heterocycles. The van der Waals surface area contributed by atoms with Crippen LogP contribution in [0, 0.1) is 0 Å². The minimum atomic E-state index is -0.0281. The lowest BCUT2D eigenvalue weighted by atomic mass is 10.1. The molecule has 37 heavy (non-hydrogen) atoms. The molecular formula is C30H37N3O4. The summed E-state index contributed by atoms with van der Waals surface area (Å²) in [6.45, 7) is 2.49. The van der Waals surface area contributed by atoms with Crippen molar-refractivity contribution < 1.29 is 14.3 Å². The number of rotatable bonds is 13. The predicted molar refractivity (Wildman–Crippen MR) is 149 cm³/mol. The van der Waals surface area contributed by atoms with Crippen LogP contribution >= 0.6 is 0 Å². The molecule has 7 nitrogen and oxygen atoms in total. The van der Waals surface area contributed by atoms with E-state index in [0.717, 1.165) is 54.1 Å². The molecule has 0 bridgehead atoms. The second-order valence-electron chi connectivity index (χ2n) is 9.04. The maximum atomic E-state index is 12.2. The SMILES string of the molecule is COc1ccc(CCN(C)CCCNC(=O)C/C=C/c2ccc(-c3ccc(=O)n(C)c3)cc2)cc1OC. The maximum absolute atomic E-state index is 12.2. The Kier molecular flexibility index (Phi) is 10.5. The molecule has 7 heteroatoms. The lowest BCUT2D eigenvalue weighted by molar-refractivity contribution is -0.120. The summed E-state index contributed by atoms with van der Waals surface area (Å²) in [7, 11) is 7.12. The highest BCUT2D eigenvalue weighted by molar-refractivity contribution is 5.78. The van der Waals surface area contributed by atoms with Gasteiger partial charge in [-0.25, -0.2) is 0 Å². The third kappa shape index (κ3) is 8.65. The van der Waals surface area contributed by atoms with Crippen molar-refractivity contribution in [1.29, 1.82) is 0 Å². The molecule has 0 saturated carbocycles. The number of aryl methyl sites for hydroxylation is 1. The Balaban J connectivity index is 1.33. The van der Waals surface area contributed by atoms with Crippen LogP contribution in [-0.4, -0.2) is 56.3 Å². The number of likely N-dealkylation sites (N-methyl/N-ethyl adjacent to an activating group) is 1. The van der Waals surface area contributed by atoms with Gasteiger partial charge in [-0.15, -0.1) is 0 Å². The fourth-order valence-electron chi connectivity index (χ4n) is 3.97.